The number of rotatable bonds is 3. The van der Waals surface area contributed by atoms with E-state index in [4.69, 9.17) is 5.73 Å². The predicted octanol–water partition coefficient (Wildman–Crippen LogP) is 2.78. The van der Waals surface area contributed by atoms with Crippen LogP contribution in [0.3, 0.4) is 0 Å². The Morgan fingerprint density at radius 2 is 1.84 bits per heavy atom. The van der Waals surface area contributed by atoms with Crippen LogP contribution in [0, 0.1) is 6.92 Å². The van der Waals surface area contributed by atoms with Crippen LogP contribution in [0.1, 0.15) is 22.2 Å². The third-order valence-electron chi connectivity index (χ3n) is 2.78. The van der Waals surface area contributed by atoms with Crippen molar-refractivity contribution in [1.82, 2.24) is 0 Å². The van der Waals surface area contributed by atoms with Crippen molar-refractivity contribution in [1.29, 1.82) is 0 Å². The van der Waals surface area contributed by atoms with Crippen molar-refractivity contribution in [3.8, 4) is 11.1 Å². The normalized spacial score (nSPS) is 10.2. The quantitative estimate of drug-likeness (QED) is 0.903. The van der Waals surface area contributed by atoms with Gasteiger partial charge in [-0.15, -0.1) is 11.3 Å². The molecule has 3 N–H and O–H groups in total. The van der Waals surface area contributed by atoms with E-state index in [0.29, 0.717) is 4.88 Å². The van der Waals surface area contributed by atoms with Gasteiger partial charge in [0, 0.05) is 12.6 Å². The summed E-state index contributed by atoms with van der Waals surface area (Å²) >= 11 is 1.35. The Labute approximate surface area is 115 Å². The summed E-state index contributed by atoms with van der Waals surface area (Å²) in [5, 5.41) is 4.63. The molecule has 0 saturated heterocycles. The molecule has 2 aromatic rings. The summed E-state index contributed by atoms with van der Waals surface area (Å²) in [6.07, 6.45) is 0. The third-order valence-corrected chi connectivity index (χ3v) is 3.88. The van der Waals surface area contributed by atoms with Gasteiger partial charge in [-0.1, -0.05) is 12.1 Å². The fraction of sp³-hybridized carbons (Fsp3) is 0.143. The number of anilines is 1. The Bertz CT molecular complexity index is 629. The third kappa shape index (κ3) is 2.82. The molecule has 98 valence electrons. The Balaban J connectivity index is 2.32. The number of primary amides is 1. The van der Waals surface area contributed by atoms with Crippen LogP contribution in [0.4, 0.5) is 5.69 Å². The molecule has 0 aliphatic heterocycles. The van der Waals surface area contributed by atoms with Crippen molar-refractivity contribution < 1.29 is 9.59 Å². The van der Waals surface area contributed by atoms with Crippen LogP contribution in [0.2, 0.25) is 0 Å². The maximum Gasteiger partial charge on any atom is 0.259 e. The molecule has 0 fully saturated rings. The zero-order valence-corrected chi connectivity index (χ0v) is 11.5. The molecule has 0 radical (unpaired) electrons. The van der Waals surface area contributed by atoms with Gasteiger partial charge in [0.15, 0.2) is 0 Å². The molecule has 0 unspecified atom stereocenters. The molecule has 1 aromatic heterocycles. The first-order valence-corrected chi connectivity index (χ1v) is 6.63. The van der Waals surface area contributed by atoms with Crippen LogP contribution < -0.4 is 11.1 Å². The largest absolute Gasteiger partial charge is 0.365 e. The van der Waals surface area contributed by atoms with Crippen LogP contribution in [-0.2, 0) is 4.79 Å². The smallest absolute Gasteiger partial charge is 0.259 e. The second-order valence-corrected chi connectivity index (χ2v) is 5.11. The van der Waals surface area contributed by atoms with Gasteiger partial charge in [-0.05, 0) is 41.1 Å². The van der Waals surface area contributed by atoms with E-state index < -0.39 is 5.91 Å². The summed E-state index contributed by atoms with van der Waals surface area (Å²) in [6, 6.07) is 7.48. The molecular formula is C14H14N2O2S. The molecule has 0 atom stereocenters. The van der Waals surface area contributed by atoms with E-state index in [1.54, 1.807) is 0 Å². The Morgan fingerprint density at radius 1 is 1.21 bits per heavy atom. The second-order valence-electron chi connectivity index (χ2n) is 4.23. The maximum atomic E-state index is 11.2. The van der Waals surface area contributed by atoms with Gasteiger partial charge in [-0.25, -0.2) is 0 Å². The minimum absolute atomic E-state index is 0.101. The van der Waals surface area contributed by atoms with Gasteiger partial charge in [0.1, 0.15) is 0 Å². The van der Waals surface area contributed by atoms with Crippen molar-refractivity contribution in [3.63, 3.8) is 0 Å². The molecule has 1 heterocycles. The molecule has 0 saturated carbocycles. The first kappa shape index (κ1) is 13.3. The van der Waals surface area contributed by atoms with Crippen molar-refractivity contribution in [2.24, 2.45) is 5.73 Å². The Hall–Kier alpha value is -2.14. The number of hydrogen-bond acceptors (Lipinski definition) is 3. The van der Waals surface area contributed by atoms with E-state index >= 15 is 0 Å². The lowest BCUT2D eigenvalue weighted by Gasteiger charge is -2.05. The summed E-state index contributed by atoms with van der Waals surface area (Å²) in [6.45, 7) is 3.35. The van der Waals surface area contributed by atoms with Crippen LogP contribution in [0.5, 0.6) is 0 Å². The SMILES string of the molecule is CC(=O)Nc1ccc(-c2csc(C(N)=O)c2C)cc1. The van der Waals surface area contributed by atoms with E-state index in [1.807, 2.05) is 36.6 Å². The van der Waals surface area contributed by atoms with Crippen LogP contribution in [-0.4, -0.2) is 11.8 Å². The maximum absolute atomic E-state index is 11.2. The summed E-state index contributed by atoms with van der Waals surface area (Å²) in [5.41, 5.74) is 8.94. The zero-order chi connectivity index (χ0) is 14.0. The molecule has 0 bridgehead atoms. The van der Waals surface area contributed by atoms with E-state index in [-0.39, 0.29) is 5.91 Å². The molecular weight excluding hydrogens is 260 g/mol. The van der Waals surface area contributed by atoms with Gasteiger partial charge in [-0.3, -0.25) is 9.59 Å². The lowest BCUT2D eigenvalue weighted by molar-refractivity contribution is -0.114. The number of carbonyl (C=O) groups is 2. The average molecular weight is 274 g/mol. The summed E-state index contributed by atoms with van der Waals surface area (Å²) in [5.74, 6) is -0.501. The van der Waals surface area contributed by atoms with Gasteiger partial charge in [0.2, 0.25) is 5.91 Å². The molecule has 2 rings (SSSR count). The fourth-order valence-corrected chi connectivity index (χ4v) is 2.83. The second kappa shape index (κ2) is 5.24. The van der Waals surface area contributed by atoms with E-state index in [0.717, 1.165) is 22.4 Å². The number of thiophene rings is 1. The monoisotopic (exact) mass is 274 g/mol. The molecule has 0 aliphatic carbocycles. The molecule has 2 amide bonds. The van der Waals surface area contributed by atoms with Gasteiger partial charge in [0.05, 0.1) is 4.88 Å². The fourth-order valence-electron chi connectivity index (χ4n) is 1.88. The summed E-state index contributed by atoms with van der Waals surface area (Å²) in [7, 11) is 0. The minimum Gasteiger partial charge on any atom is -0.365 e. The number of nitrogens with one attached hydrogen (secondary N) is 1. The van der Waals surface area contributed by atoms with Crippen molar-refractivity contribution in [2.45, 2.75) is 13.8 Å². The topological polar surface area (TPSA) is 72.2 Å². The van der Waals surface area contributed by atoms with E-state index in [1.165, 1.54) is 18.3 Å². The number of benzene rings is 1. The highest BCUT2D eigenvalue weighted by Crippen LogP contribution is 2.31. The van der Waals surface area contributed by atoms with Gasteiger partial charge in [-0.2, -0.15) is 0 Å². The lowest BCUT2D eigenvalue weighted by Crippen LogP contribution is -2.10. The number of nitrogens with two attached hydrogens (primary N) is 1. The predicted molar refractivity (Wildman–Crippen MR) is 77.3 cm³/mol. The highest BCUT2D eigenvalue weighted by Gasteiger charge is 2.13. The summed E-state index contributed by atoms with van der Waals surface area (Å²) < 4.78 is 0. The Morgan fingerprint density at radius 3 is 2.32 bits per heavy atom. The molecule has 0 spiro atoms. The standard InChI is InChI=1S/C14H14N2O2S/c1-8-12(7-19-13(8)14(15)18)10-3-5-11(6-4-10)16-9(2)17/h3-7H,1-2H3,(H2,15,18)(H,16,17). The van der Waals surface area contributed by atoms with Gasteiger partial charge in [0.25, 0.3) is 5.91 Å². The van der Waals surface area contributed by atoms with Crippen molar-refractivity contribution >= 4 is 28.8 Å². The highest BCUT2D eigenvalue weighted by atomic mass is 32.1. The van der Waals surface area contributed by atoms with Crippen LogP contribution in [0.15, 0.2) is 29.6 Å². The van der Waals surface area contributed by atoms with Crippen molar-refractivity contribution in [2.75, 3.05) is 5.32 Å². The van der Waals surface area contributed by atoms with E-state index in [9.17, 15) is 9.59 Å². The number of carbonyl (C=O) groups excluding carboxylic acids is 2. The van der Waals surface area contributed by atoms with Crippen LogP contribution >= 0.6 is 11.3 Å². The lowest BCUT2D eigenvalue weighted by atomic mass is 10.0. The average Bonchev–Trinajstić information content (AvgIpc) is 2.71. The summed E-state index contributed by atoms with van der Waals surface area (Å²) in [4.78, 5) is 22.8. The van der Waals surface area contributed by atoms with Gasteiger partial charge >= 0.3 is 0 Å². The number of hydrogen-bond donors (Lipinski definition) is 2. The van der Waals surface area contributed by atoms with Crippen LogP contribution in [0.25, 0.3) is 11.1 Å². The zero-order valence-electron chi connectivity index (χ0n) is 10.7. The van der Waals surface area contributed by atoms with E-state index in [2.05, 4.69) is 5.32 Å². The minimum atomic E-state index is -0.399. The van der Waals surface area contributed by atoms with Gasteiger partial charge < -0.3 is 11.1 Å². The Kier molecular flexibility index (Phi) is 3.66. The molecule has 4 nitrogen and oxygen atoms in total. The van der Waals surface area contributed by atoms with Crippen molar-refractivity contribution in [3.05, 3.63) is 40.1 Å². The highest BCUT2D eigenvalue weighted by molar-refractivity contribution is 7.12. The number of amides is 2. The molecule has 1 aromatic carbocycles. The first-order valence-electron chi connectivity index (χ1n) is 5.75. The first-order chi connectivity index (χ1) is 8.99. The molecule has 5 heteroatoms. The molecule has 19 heavy (non-hydrogen) atoms. The molecule has 0 aliphatic rings.